The molecule has 1 aliphatic carbocycles. The molecule has 1 fully saturated rings. The number of aliphatic hydroxyl groups is 2. The van der Waals surface area contributed by atoms with E-state index in [-0.39, 0.29) is 0 Å². The highest BCUT2D eigenvalue weighted by atomic mass is 16.4. The zero-order valence-electron chi connectivity index (χ0n) is 9.90. The molecule has 0 aromatic carbocycles. The topological polar surface area (TPSA) is 167 Å². The smallest absolute Gasteiger partial charge is 0.335 e. The highest BCUT2D eigenvalue weighted by Gasteiger charge is 2.29. The molecule has 18 heavy (non-hydrogen) atoms. The van der Waals surface area contributed by atoms with Crippen molar-refractivity contribution < 1.29 is 30.0 Å². The average molecular weight is 264 g/mol. The molecule has 0 saturated heterocycles. The number of carboxylic acids is 2. The lowest BCUT2D eigenvalue weighted by atomic mass is 9.92. The van der Waals surface area contributed by atoms with Crippen LogP contribution in [0.4, 0.5) is 0 Å². The van der Waals surface area contributed by atoms with E-state index < -0.39 is 24.1 Å². The predicted octanol–water partition coefficient (Wildman–Crippen LogP) is -1.91. The molecule has 0 aliphatic heterocycles. The van der Waals surface area contributed by atoms with Crippen LogP contribution in [0, 0.1) is 0 Å². The number of aliphatic carboxylic acids is 2. The summed E-state index contributed by atoms with van der Waals surface area (Å²) in [6, 6.07) is 0.775. The van der Waals surface area contributed by atoms with Crippen LogP contribution in [0.25, 0.3) is 0 Å². The molecule has 0 bridgehead atoms. The van der Waals surface area contributed by atoms with Gasteiger partial charge in [-0.3, -0.25) is 0 Å². The van der Waals surface area contributed by atoms with E-state index in [1.54, 1.807) is 0 Å². The van der Waals surface area contributed by atoms with Crippen molar-refractivity contribution in [2.24, 2.45) is 11.5 Å². The Morgan fingerprint density at radius 2 is 1.28 bits per heavy atom. The van der Waals surface area contributed by atoms with Crippen LogP contribution >= 0.6 is 0 Å². The zero-order valence-corrected chi connectivity index (χ0v) is 9.90. The van der Waals surface area contributed by atoms with Gasteiger partial charge >= 0.3 is 11.9 Å². The molecule has 1 rings (SSSR count). The Hall–Kier alpha value is -1.22. The average Bonchev–Trinajstić information content (AvgIpc) is 2.27. The molecule has 0 spiro atoms. The van der Waals surface area contributed by atoms with Gasteiger partial charge in [0.05, 0.1) is 0 Å². The molecule has 8 N–H and O–H groups in total. The predicted molar refractivity (Wildman–Crippen MR) is 61.7 cm³/mol. The largest absolute Gasteiger partial charge is 0.479 e. The normalized spacial score (nSPS) is 26.4. The zero-order chi connectivity index (χ0) is 14.3. The Kier molecular flexibility index (Phi) is 7.44. The van der Waals surface area contributed by atoms with E-state index in [0.717, 1.165) is 6.42 Å². The maximum absolute atomic E-state index is 9.77. The fourth-order valence-electron chi connectivity index (χ4n) is 1.54. The summed E-state index contributed by atoms with van der Waals surface area (Å²) in [5.41, 5.74) is 11.3. The summed E-state index contributed by atoms with van der Waals surface area (Å²) >= 11 is 0. The number of aliphatic hydroxyl groups excluding tert-OH is 2. The third kappa shape index (κ3) is 6.50. The first-order valence-electron chi connectivity index (χ1n) is 5.58. The molecule has 1 aliphatic rings. The number of carboxylic acid groups (broad SMARTS) is 2. The molecule has 8 heteroatoms. The fourth-order valence-corrected chi connectivity index (χ4v) is 1.54. The van der Waals surface area contributed by atoms with E-state index in [1.807, 2.05) is 0 Å². The van der Waals surface area contributed by atoms with Gasteiger partial charge in [-0.1, -0.05) is 6.42 Å². The second kappa shape index (κ2) is 7.98. The van der Waals surface area contributed by atoms with E-state index in [9.17, 15) is 9.59 Å². The lowest BCUT2D eigenvalue weighted by Crippen LogP contribution is -2.39. The van der Waals surface area contributed by atoms with Crippen LogP contribution in [0.5, 0.6) is 0 Å². The Morgan fingerprint density at radius 3 is 1.44 bits per heavy atom. The molecule has 4 atom stereocenters. The van der Waals surface area contributed by atoms with Gasteiger partial charge in [0.15, 0.2) is 12.2 Å². The van der Waals surface area contributed by atoms with Crippen molar-refractivity contribution in [1.29, 1.82) is 0 Å². The van der Waals surface area contributed by atoms with Crippen LogP contribution in [0.15, 0.2) is 0 Å². The molecule has 2 unspecified atom stereocenters. The van der Waals surface area contributed by atoms with Gasteiger partial charge in [0.1, 0.15) is 0 Å². The highest BCUT2D eigenvalue weighted by Crippen LogP contribution is 2.14. The first kappa shape index (κ1) is 16.8. The van der Waals surface area contributed by atoms with Gasteiger partial charge in [0.2, 0.25) is 0 Å². The van der Waals surface area contributed by atoms with Crippen LogP contribution in [-0.2, 0) is 9.59 Å². The van der Waals surface area contributed by atoms with Crippen LogP contribution in [0.1, 0.15) is 25.7 Å². The molecule has 0 aromatic heterocycles. The van der Waals surface area contributed by atoms with Crippen molar-refractivity contribution in [1.82, 2.24) is 0 Å². The molecule has 106 valence electrons. The molecule has 0 heterocycles. The van der Waals surface area contributed by atoms with Crippen LogP contribution < -0.4 is 11.5 Å². The van der Waals surface area contributed by atoms with Gasteiger partial charge in [-0.05, 0) is 19.3 Å². The third-order valence-corrected chi connectivity index (χ3v) is 2.56. The molecule has 8 nitrogen and oxygen atoms in total. The summed E-state index contributed by atoms with van der Waals surface area (Å²) in [5.74, 6) is -3.54. The highest BCUT2D eigenvalue weighted by molar-refractivity contribution is 5.83. The second-order valence-corrected chi connectivity index (χ2v) is 4.25. The Balaban J connectivity index is 0.000000327. The van der Waals surface area contributed by atoms with E-state index in [0.29, 0.717) is 12.1 Å². The Morgan fingerprint density at radius 1 is 0.944 bits per heavy atom. The standard InChI is InChI=1S/C6H14N2.C4H6O6/c7-5-2-1-3-6(8)4-5;5-1(3(7)8)2(6)4(9)10/h5-6H,1-4,7-8H2;1-2,5-6H,(H,7,8)(H,9,10)/t5-,6-;/m0./s1. The van der Waals surface area contributed by atoms with E-state index >= 15 is 0 Å². The van der Waals surface area contributed by atoms with Crippen LogP contribution in [-0.4, -0.2) is 56.7 Å². The van der Waals surface area contributed by atoms with Gasteiger partial charge in [0, 0.05) is 12.1 Å². The number of hydrogen-bond donors (Lipinski definition) is 6. The SMILES string of the molecule is N[C@H]1CCC[C@H](N)C1.O=C(O)C(O)C(O)C(=O)O. The van der Waals surface area contributed by atoms with E-state index in [1.165, 1.54) is 19.3 Å². The summed E-state index contributed by atoms with van der Waals surface area (Å²) in [5, 5.41) is 32.5. The number of hydrogen-bond acceptors (Lipinski definition) is 6. The summed E-state index contributed by atoms with van der Waals surface area (Å²) in [4.78, 5) is 19.5. The third-order valence-electron chi connectivity index (χ3n) is 2.56. The molecule has 0 radical (unpaired) electrons. The van der Waals surface area contributed by atoms with Gasteiger partial charge in [-0.2, -0.15) is 0 Å². The van der Waals surface area contributed by atoms with Gasteiger partial charge in [0.25, 0.3) is 0 Å². The minimum Gasteiger partial charge on any atom is -0.479 e. The molecular weight excluding hydrogens is 244 g/mol. The summed E-state index contributed by atoms with van der Waals surface area (Å²) in [6.45, 7) is 0. The first-order valence-corrected chi connectivity index (χ1v) is 5.58. The van der Waals surface area contributed by atoms with Gasteiger partial charge < -0.3 is 31.9 Å². The minimum absolute atomic E-state index is 0.388. The second-order valence-electron chi connectivity index (χ2n) is 4.25. The van der Waals surface area contributed by atoms with Crippen molar-refractivity contribution in [3.8, 4) is 0 Å². The van der Waals surface area contributed by atoms with Crippen LogP contribution in [0.3, 0.4) is 0 Å². The number of carbonyl (C=O) groups is 2. The monoisotopic (exact) mass is 264 g/mol. The van der Waals surface area contributed by atoms with Gasteiger partial charge in [-0.15, -0.1) is 0 Å². The summed E-state index contributed by atoms with van der Waals surface area (Å²) in [7, 11) is 0. The lowest BCUT2D eigenvalue weighted by Gasteiger charge is -2.22. The van der Waals surface area contributed by atoms with Crippen LogP contribution in [0.2, 0.25) is 0 Å². The van der Waals surface area contributed by atoms with Gasteiger partial charge in [-0.25, -0.2) is 9.59 Å². The Bertz CT molecular complexity index is 260. The minimum atomic E-state index is -2.27. The van der Waals surface area contributed by atoms with Crippen molar-refractivity contribution in [2.45, 2.75) is 50.0 Å². The molecule has 0 aromatic rings. The summed E-state index contributed by atoms with van der Waals surface area (Å²) < 4.78 is 0. The Labute approximate surface area is 104 Å². The maximum atomic E-state index is 9.77. The summed E-state index contributed by atoms with van der Waals surface area (Å²) in [6.07, 6.45) is 0.0685. The molecule has 0 amide bonds. The van der Waals surface area contributed by atoms with Crippen molar-refractivity contribution in [2.75, 3.05) is 0 Å². The number of nitrogens with two attached hydrogens (primary N) is 2. The quantitative estimate of drug-likeness (QED) is 0.343. The first-order chi connectivity index (χ1) is 8.25. The van der Waals surface area contributed by atoms with Crippen molar-refractivity contribution in [3.63, 3.8) is 0 Å². The number of rotatable bonds is 3. The van der Waals surface area contributed by atoms with E-state index in [2.05, 4.69) is 0 Å². The van der Waals surface area contributed by atoms with Crippen molar-refractivity contribution >= 4 is 11.9 Å². The maximum Gasteiger partial charge on any atom is 0.335 e. The molecular formula is C10H20N2O6. The lowest BCUT2D eigenvalue weighted by molar-refractivity contribution is -0.165. The van der Waals surface area contributed by atoms with Crippen molar-refractivity contribution in [3.05, 3.63) is 0 Å². The molecule has 1 saturated carbocycles. The van der Waals surface area contributed by atoms with E-state index in [4.69, 9.17) is 31.9 Å². The fraction of sp³-hybridized carbons (Fsp3) is 0.800.